The number of rotatable bonds is 6. The molecule has 1 aliphatic heterocycles. The Hall–Kier alpha value is -2.40. The maximum atomic E-state index is 12.8. The number of hydrogen-bond donors (Lipinski definition) is 0. The molecule has 0 spiro atoms. The average Bonchev–Trinajstić information content (AvgIpc) is 2.59. The van der Waals surface area contributed by atoms with Gasteiger partial charge in [0.25, 0.3) is 5.91 Å². The quantitative estimate of drug-likeness (QED) is 0.770. The van der Waals surface area contributed by atoms with Crippen molar-refractivity contribution in [3.8, 4) is 17.2 Å². The second-order valence-electron chi connectivity index (χ2n) is 6.64. The number of nitrogens with zero attached hydrogens (tertiary/aromatic N) is 1. The van der Waals surface area contributed by atoms with Crippen molar-refractivity contribution in [3.63, 3.8) is 0 Å². The van der Waals surface area contributed by atoms with Crippen molar-refractivity contribution in [1.29, 1.82) is 0 Å². The summed E-state index contributed by atoms with van der Waals surface area (Å²) in [5.41, 5.74) is -1.01. The Kier molecular flexibility index (Phi) is 5.28. The van der Waals surface area contributed by atoms with Crippen LogP contribution in [0.25, 0.3) is 0 Å². The number of hydrogen-bond acceptors (Lipinski definition) is 4. The van der Waals surface area contributed by atoms with Gasteiger partial charge >= 0.3 is 0 Å². The van der Waals surface area contributed by atoms with Crippen LogP contribution in [0, 0.1) is 0 Å². The van der Waals surface area contributed by atoms with Crippen LogP contribution in [-0.2, 0) is 4.79 Å². The Morgan fingerprint density at radius 2 is 1.62 bits per heavy atom. The van der Waals surface area contributed by atoms with Crippen LogP contribution in [0.2, 0.25) is 5.02 Å². The number of carbonyl (C=O) groups excluding carboxylic acids is 1. The number of ether oxygens (including phenoxy) is 3. The molecule has 1 fully saturated rings. The summed E-state index contributed by atoms with van der Waals surface area (Å²) in [5.74, 6) is 1.67. The van der Waals surface area contributed by atoms with E-state index in [2.05, 4.69) is 0 Å². The summed E-state index contributed by atoms with van der Waals surface area (Å²) < 4.78 is 17.1. The minimum absolute atomic E-state index is 0.0686. The van der Waals surface area contributed by atoms with Gasteiger partial charge in [0.05, 0.1) is 25.2 Å². The molecule has 3 rings (SSSR count). The number of likely N-dealkylation sites (tertiary alicyclic amines) is 1. The van der Waals surface area contributed by atoms with Crippen molar-refractivity contribution in [2.24, 2.45) is 0 Å². The number of carbonyl (C=O) groups is 1. The third kappa shape index (κ3) is 3.88. The highest BCUT2D eigenvalue weighted by atomic mass is 35.5. The van der Waals surface area contributed by atoms with E-state index in [0.29, 0.717) is 35.4 Å². The number of para-hydroxylation sites is 3. The highest BCUT2D eigenvalue weighted by Crippen LogP contribution is 2.32. The molecule has 2 aromatic rings. The molecule has 26 heavy (non-hydrogen) atoms. The maximum absolute atomic E-state index is 12.8. The molecule has 1 aliphatic rings. The molecule has 0 saturated carbocycles. The standard InChI is InChI=1S/C20H22ClNO4/c1-20(2,26-18-11-7-6-10-17(18)24-3)19(23)22-12-14(13-22)25-16-9-5-4-8-15(16)21/h4-11,14H,12-13H2,1-3H3. The lowest BCUT2D eigenvalue weighted by atomic mass is 10.0. The molecule has 138 valence electrons. The van der Waals surface area contributed by atoms with Gasteiger partial charge in [0, 0.05) is 0 Å². The summed E-state index contributed by atoms with van der Waals surface area (Å²) in [5, 5.41) is 0.567. The molecule has 1 amide bonds. The van der Waals surface area contributed by atoms with E-state index in [1.54, 1.807) is 44.1 Å². The SMILES string of the molecule is COc1ccccc1OC(C)(C)C(=O)N1CC(Oc2ccccc2Cl)C1. The number of methoxy groups -OCH3 is 1. The molecule has 0 aliphatic carbocycles. The van der Waals surface area contributed by atoms with Gasteiger partial charge in [-0.25, -0.2) is 0 Å². The zero-order chi connectivity index (χ0) is 18.7. The van der Waals surface area contributed by atoms with E-state index in [1.807, 2.05) is 30.3 Å². The lowest BCUT2D eigenvalue weighted by Crippen LogP contribution is -2.61. The molecule has 0 aromatic heterocycles. The summed E-state index contributed by atoms with van der Waals surface area (Å²) in [7, 11) is 1.57. The van der Waals surface area contributed by atoms with E-state index < -0.39 is 5.60 Å². The van der Waals surface area contributed by atoms with Gasteiger partial charge in [-0.15, -0.1) is 0 Å². The van der Waals surface area contributed by atoms with Crippen LogP contribution in [0.4, 0.5) is 0 Å². The van der Waals surface area contributed by atoms with Crippen LogP contribution >= 0.6 is 11.6 Å². The van der Waals surface area contributed by atoms with Gasteiger partial charge < -0.3 is 19.1 Å². The number of benzene rings is 2. The highest BCUT2D eigenvalue weighted by molar-refractivity contribution is 6.32. The maximum Gasteiger partial charge on any atom is 0.266 e. The second-order valence-corrected chi connectivity index (χ2v) is 7.05. The molecular weight excluding hydrogens is 354 g/mol. The van der Waals surface area contributed by atoms with Gasteiger partial charge in [-0.3, -0.25) is 4.79 Å². The van der Waals surface area contributed by atoms with Crippen molar-refractivity contribution in [2.75, 3.05) is 20.2 Å². The Bertz CT molecular complexity index is 787. The largest absolute Gasteiger partial charge is 0.493 e. The predicted molar refractivity (Wildman–Crippen MR) is 100 cm³/mol. The molecule has 2 aromatic carbocycles. The topological polar surface area (TPSA) is 48.0 Å². The summed E-state index contributed by atoms with van der Waals surface area (Å²) in [6.07, 6.45) is -0.0686. The van der Waals surface area contributed by atoms with E-state index in [4.69, 9.17) is 25.8 Å². The predicted octanol–water partition coefficient (Wildman–Crippen LogP) is 3.80. The Balaban J connectivity index is 1.59. The van der Waals surface area contributed by atoms with Gasteiger partial charge in [-0.2, -0.15) is 0 Å². The van der Waals surface area contributed by atoms with Crippen molar-refractivity contribution >= 4 is 17.5 Å². The molecule has 1 heterocycles. The second kappa shape index (κ2) is 7.46. The summed E-state index contributed by atoms with van der Waals surface area (Å²) in [6.45, 7) is 4.51. The van der Waals surface area contributed by atoms with E-state index in [1.165, 1.54) is 0 Å². The molecule has 5 nitrogen and oxygen atoms in total. The molecule has 6 heteroatoms. The summed E-state index contributed by atoms with van der Waals surface area (Å²) >= 11 is 6.10. The molecular formula is C20H22ClNO4. The molecule has 0 unspecified atom stereocenters. The summed E-state index contributed by atoms with van der Waals surface area (Å²) in [4.78, 5) is 14.5. The first kappa shape index (κ1) is 18.4. The van der Waals surface area contributed by atoms with Crippen LogP contribution in [0.15, 0.2) is 48.5 Å². The van der Waals surface area contributed by atoms with Gasteiger partial charge in [-0.05, 0) is 38.1 Å². The lowest BCUT2D eigenvalue weighted by Gasteiger charge is -2.42. The fourth-order valence-corrected chi connectivity index (χ4v) is 2.98. The smallest absolute Gasteiger partial charge is 0.266 e. The average molecular weight is 376 g/mol. The van der Waals surface area contributed by atoms with E-state index >= 15 is 0 Å². The fraction of sp³-hybridized carbons (Fsp3) is 0.350. The zero-order valence-corrected chi connectivity index (χ0v) is 15.8. The molecule has 0 atom stereocenters. The van der Waals surface area contributed by atoms with E-state index in [-0.39, 0.29) is 12.0 Å². The first-order chi connectivity index (χ1) is 12.4. The van der Waals surface area contributed by atoms with Crippen molar-refractivity contribution in [1.82, 2.24) is 4.90 Å². The van der Waals surface area contributed by atoms with Crippen LogP contribution in [0.1, 0.15) is 13.8 Å². The molecule has 0 N–H and O–H groups in total. The van der Waals surface area contributed by atoms with Gasteiger partial charge in [-0.1, -0.05) is 35.9 Å². The van der Waals surface area contributed by atoms with Crippen molar-refractivity contribution in [3.05, 3.63) is 53.6 Å². The first-order valence-electron chi connectivity index (χ1n) is 8.43. The van der Waals surface area contributed by atoms with E-state index in [0.717, 1.165) is 0 Å². The Labute approximate surface area is 158 Å². The third-order valence-corrected chi connectivity index (χ3v) is 4.53. The third-order valence-electron chi connectivity index (χ3n) is 4.21. The normalized spacial score (nSPS) is 14.5. The first-order valence-corrected chi connectivity index (χ1v) is 8.81. The number of halogens is 1. The van der Waals surface area contributed by atoms with Gasteiger partial charge in [0.15, 0.2) is 17.1 Å². The van der Waals surface area contributed by atoms with Crippen LogP contribution in [0.3, 0.4) is 0 Å². The Morgan fingerprint density at radius 1 is 1.04 bits per heavy atom. The molecule has 0 bridgehead atoms. The Morgan fingerprint density at radius 3 is 2.23 bits per heavy atom. The van der Waals surface area contributed by atoms with Crippen molar-refractivity contribution in [2.45, 2.75) is 25.6 Å². The number of amides is 1. The van der Waals surface area contributed by atoms with Gasteiger partial charge in [0.1, 0.15) is 11.9 Å². The minimum atomic E-state index is -1.01. The van der Waals surface area contributed by atoms with Crippen LogP contribution < -0.4 is 14.2 Å². The van der Waals surface area contributed by atoms with Gasteiger partial charge in [0.2, 0.25) is 0 Å². The van der Waals surface area contributed by atoms with E-state index in [9.17, 15) is 4.79 Å². The molecule has 0 radical (unpaired) electrons. The van der Waals surface area contributed by atoms with Crippen molar-refractivity contribution < 1.29 is 19.0 Å². The van der Waals surface area contributed by atoms with Crippen LogP contribution in [0.5, 0.6) is 17.2 Å². The highest BCUT2D eigenvalue weighted by Gasteiger charge is 2.41. The summed E-state index contributed by atoms with van der Waals surface area (Å²) in [6, 6.07) is 14.6. The minimum Gasteiger partial charge on any atom is -0.493 e. The monoisotopic (exact) mass is 375 g/mol. The fourth-order valence-electron chi connectivity index (χ4n) is 2.80. The zero-order valence-electron chi connectivity index (χ0n) is 15.1. The molecule has 1 saturated heterocycles. The lowest BCUT2D eigenvalue weighted by molar-refractivity contribution is -0.154. The van der Waals surface area contributed by atoms with Crippen LogP contribution in [-0.4, -0.2) is 42.7 Å².